The zero-order valence-electron chi connectivity index (χ0n) is 11.6. The van der Waals surface area contributed by atoms with E-state index in [2.05, 4.69) is 19.2 Å². The fourth-order valence-corrected chi connectivity index (χ4v) is 3.11. The minimum Gasteiger partial charge on any atom is -0.310 e. The van der Waals surface area contributed by atoms with E-state index >= 15 is 0 Å². The van der Waals surface area contributed by atoms with Crippen LogP contribution in [0.3, 0.4) is 0 Å². The van der Waals surface area contributed by atoms with Gasteiger partial charge in [-0.05, 0) is 36.7 Å². The topological polar surface area (TPSA) is 55.2 Å². The summed E-state index contributed by atoms with van der Waals surface area (Å²) in [4.78, 5) is 10.2. The summed E-state index contributed by atoms with van der Waals surface area (Å²) in [6.45, 7) is 5.43. The van der Waals surface area contributed by atoms with Crippen LogP contribution >= 0.6 is 0 Å². The third kappa shape index (κ3) is 4.03. The van der Waals surface area contributed by atoms with Crippen LogP contribution in [0.15, 0.2) is 24.3 Å². The molecule has 0 amide bonds. The molecule has 1 aliphatic carbocycles. The molecule has 104 valence electrons. The van der Waals surface area contributed by atoms with E-state index in [-0.39, 0.29) is 10.6 Å². The summed E-state index contributed by atoms with van der Waals surface area (Å²) in [5, 5.41) is 14.2. The van der Waals surface area contributed by atoms with Gasteiger partial charge in [-0.2, -0.15) is 0 Å². The van der Waals surface area contributed by atoms with Crippen molar-refractivity contribution in [2.45, 2.75) is 45.7 Å². The number of rotatable bonds is 4. The van der Waals surface area contributed by atoms with Crippen molar-refractivity contribution < 1.29 is 4.92 Å². The molecule has 1 N–H and O–H groups in total. The van der Waals surface area contributed by atoms with E-state index < -0.39 is 0 Å². The lowest BCUT2D eigenvalue weighted by Gasteiger charge is -2.32. The van der Waals surface area contributed by atoms with Crippen LogP contribution in [0.25, 0.3) is 0 Å². The molecule has 0 aliphatic heterocycles. The Morgan fingerprint density at radius 3 is 2.26 bits per heavy atom. The van der Waals surface area contributed by atoms with Crippen molar-refractivity contribution >= 4 is 5.69 Å². The summed E-state index contributed by atoms with van der Waals surface area (Å²) in [6, 6.07) is 7.39. The van der Waals surface area contributed by atoms with Gasteiger partial charge in [0.2, 0.25) is 0 Å². The minimum atomic E-state index is -0.359. The van der Waals surface area contributed by atoms with Crippen molar-refractivity contribution in [2.24, 2.45) is 11.8 Å². The van der Waals surface area contributed by atoms with Crippen LogP contribution in [-0.4, -0.2) is 11.0 Å². The molecule has 19 heavy (non-hydrogen) atoms. The first-order valence-corrected chi connectivity index (χ1v) is 7.01. The van der Waals surface area contributed by atoms with E-state index in [0.717, 1.165) is 23.9 Å². The third-order valence-corrected chi connectivity index (χ3v) is 3.92. The average molecular weight is 262 g/mol. The molecule has 2 rings (SSSR count). The lowest BCUT2D eigenvalue weighted by molar-refractivity contribution is -0.384. The van der Waals surface area contributed by atoms with Crippen LogP contribution in [0.5, 0.6) is 0 Å². The normalized spacial score (nSPS) is 27.2. The number of hydrogen-bond donors (Lipinski definition) is 1. The highest BCUT2D eigenvalue weighted by molar-refractivity contribution is 5.32. The first-order chi connectivity index (χ1) is 9.04. The summed E-state index contributed by atoms with van der Waals surface area (Å²) < 4.78 is 0. The maximum atomic E-state index is 10.6. The molecular formula is C15H22N2O2. The highest BCUT2D eigenvalue weighted by Gasteiger charge is 2.23. The number of nitrogens with zero attached hydrogens (tertiary/aromatic N) is 1. The van der Waals surface area contributed by atoms with Gasteiger partial charge in [-0.1, -0.05) is 26.0 Å². The molecule has 4 heteroatoms. The molecule has 0 bridgehead atoms. The molecule has 1 aromatic rings. The van der Waals surface area contributed by atoms with Crippen LogP contribution in [0.2, 0.25) is 0 Å². The van der Waals surface area contributed by atoms with Gasteiger partial charge < -0.3 is 5.32 Å². The Balaban J connectivity index is 1.86. The predicted octanol–water partition coefficient (Wildman–Crippen LogP) is 3.51. The van der Waals surface area contributed by atoms with Gasteiger partial charge in [0.05, 0.1) is 4.92 Å². The second kappa shape index (κ2) is 6.15. The highest BCUT2D eigenvalue weighted by Crippen LogP contribution is 2.28. The van der Waals surface area contributed by atoms with Crippen molar-refractivity contribution in [2.75, 3.05) is 0 Å². The van der Waals surface area contributed by atoms with E-state index in [1.54, 1.807) is 12.1 Å². The summed E-state index contributed by atoms with van der Waals surface area (Å²) in [7, 11) is 0. The molecule has 1 aromatic carbocycles. The number of nitro groups is 1. The SMILES string of the molecule is CC1CC(C)CC(NCc2ccc([N+](=O)[O-])cc2)C1. The van der Waals surface area contributed by atoms with Gasteiger partial charge >= 0.3 is 0 Å². The largest absolute Gasteiger partial charge is 0.310 e. The molecule has 0 aromatic heterocycles. The molecule has 0 saturated heterocycles. The number of nitro benzene ring substituents is 1. The smallest absolute Gasteiger partial charge is 0.269 e. The van der Waals surface area contributed by atoms with Gasteiger partial charge in [0.15, 0.2) is 0 Å². The summed E-state index contributed by atoms with van der Waals surface area (Å²) >= 11 is 0. The predicted molar refractivity (Wildman–Crippen MR) is 75.9 cm³/mol. The number of benzene rings is 1. The zero-order chi connectivity index (χ0) is 13.8. The molecule has 2 atom stereocenters. The second-order valence-corrected chi connectivity index (χ2v) is 5.92. The molecule has 1 saturated carbocycles. The zero-order valence-corrected chi connectivity index (χ0v) is 11.6. The van der Waals surface area contributed by atoms with E-state index in [1.807, 2.05) is 12.1 Å². The Kier molecular flexibility index (Phi) is 4.53. The third-order valence-electron chi connectivity index (χ3n) is 3.92. The Labute approximate surface area is 114 Å². The molecule has 4 nitrogen and oxygen atoms in total. The average Bonchev–Trinajstić information content (AvgIpc) is 2.36. The Hall–Kier alpha value is -1.42. The van der Waals surface area contributed by atoms with E-state index in [0.29, 0.717) is 6.04 Å². The van der Waals surface area contributed by atoms with E-state index in [9.17, 15) is 10.1 Å². The molecule has 1 aliphatic rings. The fraction of sp³-hybridized carbons (Fsp3) is 0.600. The molecule has 0 radical (unpaired) electrons. The fourth-order valence-electron chi connectivity index (χ4n) is 3.11. The quantitative estimate of drug-likeness (QED) is 0.667. The molecule has 0 heterocycles. The van der Waals surface area contributed by atoms with Gasteiger partial charge in [0.25, 0.3) is 5.69 Å². The van der Waals surface area contributed by atoms with E-state index in [1.165, 1.54) is 19.3 Å². The maximum Gasteiger partial charge on any atom is 0.269 e. The van der Waals surface area contributed by atoms with Crippen molar-refractivity contribution in [3.63, 3.8) is 0 Å². The lowest BCUT2D eigenvalue weighted by Crippen LogP contribution is -2.35. The highest BCUT2D eigenvalue weighted by atomic mass is 16.6. The Bertz CT molecular complexity index is 420. The number of nitrogens with one attached hydrogen (secondary N) is 1. The Morgan fingerprint density at radius 2 is 1.74 bits per heavy atom. The molecular weight excluding hydrogens is 240 g/mol. The number of non-ortho nitro benzene ring substituents is 1. The molecule has 0 spiro atoms. The van der Waals surface area contributed by atoms with Gasteiger partial charge in [0.1, 0.15) is 0 Å². The van der Waals surface area contributed by atoms with Gasteiger partial charge in [0, 0.05) is 24.7 Å². The minimum absolute atomic E-state index is 0.156. The summed E-state index contributed by atoms with van der Waals surface area (Å²) in [5.74, 6) is 1.58. The lowest BCUT2D eigenvalue weighted by atomic mass is 9.80. The standard InChI is InChI=1S/C15H22N2O2/c1-11-7-12(2)9-14(8-11)16-10-13-3-5-15(6-4-13)17(18)19/h3-6,11-12,14,16H,7-10H2,1-2H3. The molecule has 2 unspecified atom stereocenters. The van der Waals surface area contributed by atoms with Crippen molar-refractivity contribution in [1.29, 1.82) is 0 Å². The van der Waals surface area contributed by atoms with Crippen molar-refractivity contribution in [3.8, 4) is 0 Å². The van der Waals surface area contributed by atoms with Crippen LogP contribution in [-0.2, 0) is 6.54 Å². The van der Waals surface area contributed by atoms with Crippen LogP contribution < -0.4 is 5.32 Å². The van der Waals surface area contributed by atoms with Crippen LogP contribution in [0.4, 0.5) is 5.69 Å². The van der Waals surface area contributed by atoms with Crippen LogP contribution in [0.1, 0.15) is 38.7 Å². The van der Waals surface area contributed by atoms with Crippen molar-refractivity contribution in [3.05, 3.63) is 39.9 Å². The number of hydrogen-bond acceptors (Lipinski definition) is 3. The molecule has 1 fully saturated rings. The van der Waals surface area contributed by atoms with Gasteiger partial charge in [-0.25, -0.2) is 0 Å². The monoisotopic (exact) mass is 262 g/mol. The van der Waals surface area contributed by atoms with E-state index in [4.69, 9.17) is 0 Å². The summed E-state index contributed by atoms with van der Waals surface area (Å²) in [6.07, 6.45) is 3.80. The van der Waals surface area contributed by atoms with Gasteiger partial charge in [-0.3, -0.25) is 10.1 Å². The van der Waals surface area contributed by atoms with Crippen LogP contribution in [0, 0.1) is 22.0 Å². The summed E-state index contributed by atoms with van der Waals surface area (Å²) in [5.41, 5.74) is 1.26. The maximum absolute atomic E-state index is 10.6. The second-order valence-electron chi connectivity index (χ2n) is 5.92. The first-order valence-electron chi connectivity index (χ1n) is 7.01. The van der Waals surface area contributed by atoms with Gasteiger partial charge in [-0.15, -0.1) is 0 Å². The Morgan fingerprint density at radius 1 is 1.16 bits per heavy atom. The van der Waals surface area contributed by atoms with Crippen molar-refractivity contribution in [1.82, 2.24) is 5.32 Å². The first kappa shape index (κ1) is 14.0.